The highest BCUT2D eigenvalue weighted by Crippen LogP contribution is 2.35. The molecule has 0 aliphatic rings. The Morgan fingerprint density at radius 2 is 0.235 bits per heavy atom. The van der Waals surface area contributed by atoms with Gasteiger partial charge in [-0.1, -0.05) is 0 Å². The molecule has 0 heterocycles. The Bertz CT molecular complexity index is 2400. The summed E-state index contributed by atoms with van der Waals surface area (Å²) >= 11 is 0. The van der Waals surface area contributed by atoms with E-state index in [0.717, 1.165) is 0 Å². The summed E-state index contributed by atoms with van der Waals surface area (Å²) in [5.74, 6) is 0. The van der Waals surface area contributed by atoms with Gasteiger partial charge in [0, 0.05) is 0 Å². The fourth-order valence-electron chi connectivity index (χ4n) is 13.3. The summed E-state index contributed by atoms with van der Waals surface area (Å²) in [7, 11) is -64.8. The van der Waals surface area contributed by atoms with Gasteiger partial charge in [-0.2, -0.15) is 0 Å². The van der Waals surface area contributed by atoms with E-state index in [0.29, 0.717) is 0 Å². The molecule has 0 aromatic rings. The number of rotatable bonds is 50. The molecular weight excluding hydrogens is 1690 g/mol. The van der Waals surface area contributed by atoms with Gasteiger partial charge in [0.05, 0.1) is 0 Å². The number of hydrogen-bond donors (Lipinski definition) is 0. The van der Waals surface area contributed by atoms with Crippen LogP contribution in [0.25, 0.3) is 0 Å². The molecule has 0 aromatic heterocycles. The maximum atomic E-state index is 6.98. The Kier molecular flexibility index (Phi) is 39.8. The lowest BCUT2D eigenvalue weighted by Gasteiger charge is -2.45. The first-order chi connectivity index (χ1) is 42.5. The minimum atomic E-state index is -2.89. The molecule has 98 heavy (non-hydrogen) atoms. The lowest BCUT2D eigenvalue weighted by atomic mass is 11.8. The van der Waals surface area contributed by atoms with Crippen LogP contribution in [0.2, 0.25) is 308 Å². The van der Waals surface area contributed by atoms with Crippen molar-refractivity contribution in [1.29, 1.82) is 0 Å². The first kappa shape index (κ1) is 103. The van der Waals surface area contributed by atoms with Crippen LogP contribution >= 0.6 is 0 Å². The van der Waals surface area contributed by atoms with Gasteiger partial charge in [0.1, 0.15) is 0 Å². The SMILES string of the molecule is C[SiH](O[SiH](C)O[SiH](C)O[SiH](C)O[Si](C)(C)C)O[SiH](C)O[SiH](C)O[SiH](C)O[Si](C)(C)O[Si](C)(C)O[Si](C)(C)O[Si](C)(C)O[Si](C)(C)O[Si](C)(C)O[Si](C)(C)O[Si](C)(C)O[Si](C)(C)O[Si](C)(C)O[Si](C)(C)O[Si](C)(C)O[Si](C)(C)O[Si](C)(C)O[Si](C)(C)O[Si](C)(C)O[Si](C)(C)O[Si](C)(C)C. The molecule has 7 atom stereocenters. The molecule has 0 aliphatic heterocycles. The summed E-state index contributed by atoms with van der Waals surface area (Å²) in [5, 5.41) is 0. The third-order valence-corrected chi connectivity index (χ3v) is 105. The van der Waals surface area contributed by atoms with Gasteiger partial charge in [-0.05, 0) is 308 Å². The topological polar surface area (TPSA) is 231 Å². The molecule has 51 heteroatoms. The maximum absolute atomic E-state index is 6.98. The summed E-state index contributed by atoms with van der Waals surface area (Å²) in [6, 6.07) is 0. The zero-order chi connectivity index (χ0) is 78.2. The largest absolute Gasteiger partial charge is 0.439 e. The van der Waals surface area contributed by atoms with Crippen molar-refractivity contribution in [1.82, 2.24) is 0 Å². The van der Waals surface area contributed by atoms with Crippen molar-refractivity contribution in [2.24, 2.45) is 0 Å². The second kappa shape index (κ2) is 38.0. The fraction of sp³-hybridized carbons (Fsp3) is 1.00. The van der Waals surface area contributed by atoms with Crippen LogP contribution < -0.4 is 0 Å². The molecule has 0 aromatic carbocycles. The first-order valence-corrected chi connectivity index (χ1v) is 104. The standard InChI is InChI=1S/C47H148O25Si26/c1-73(48-74(2)50-76(4)52-78(6)54-80(8,9)10)49-75(3)51-77(5)53-79(7)55-82(14,15)57-84(18,19)59-86(22,23)61-88(26,27)63-90(30,31)65-92(34,35)67-94(38,39)69-96(42,43)71-98(46,47)72-97(44,45)70-95(40,41)68-93(36,37)66-91(32,33)64-89(28,29)62-87(24,25)60-85(20,21)58-83(16,17)56-81(11,12)13/h73-79H,1-47H3. The summed E-state index contributed by atoms with van der Waals surface area (Å²) in [5.41, 5.74) is 0. The molecule has 0 aliphatic carbocycles. The maximum Gasteiger partial charge on any atom is 0.314 e. The quantitative estimate of drug-likeness (QED) is 0.0515. The Morgan fingerprint density at radius 1 is 0.122 bits per heavy atom. The smallest absolute Gasteiger partial charge is 0.314 e. The van der Waals surface area contributed by atoms with Crippen LogP contribution in [-0.4, -0.2) is 227 Å². The van der Waals surface area contributed by atoms with E-state index in [1.54, 1.807) is 0 Å². The third kappa shape index (κ3) is 50.5. The van der Waals surface area contributed by atoms with Crippen molar-refractivity contribution in [2.45, 2.75) is 308 Å². The van der Waals surface area contributed by atoms with E-state index >= 15 is 0 Å². The molecule has 25 nitrogen and oxygen atoms in total. The molecule has 0 amide bonds. The van der Waals surface area contributed by atoms with Crippen molar-refractivity contribution < 1.29 is 103 Å². The predicted octanol–water partition coefficient (Wildman–Crippen LogP) is 14.0. The van der Waals surface area contributed by atoms with Crippen LogP contribution in [0.3, 0.4) is 0 Å². The van der Waals surface area contributed by atoms with Crippen LogP contribution in [-0.2, 0) is 103 Å². The minimum Gasteiger partial charge on any atom is -0.439 e. The third-order valence-electron chi connectivity index (χ3n) is 11.7. The van der Waals surface area contributed by atoms with Crippen LogP contribution in [0.1, 0.15) is 0 Å². The van der Waals surface area contributed by atoms with Crippen molar-refractivity contribution in [3.8, 4) is 0 Å². The summed E-state index contributed by atoms with van der Waals surface area (Å²) in [4.78, 5) is 0. The Labute approximate surface area is 632 Å². The molecule has 0 rings (SSSR count). The molecule has 0 bridgehead atoms. The lowest BCUT2D eigenvalue weighted by Crippen LogP contribution is -2.63. The first-order valence-electron chi connectivity index (χ1n) is 34.7. The second-order valence-corrected chi connectivity index (χ2v) is 121. The van der Waals surface area contributed by atoms with E-state index in [4.69, 9.17) is 103 Å². The van der Waals surface area contributed by atoms with Gasteiger partial charge in [0.25, 0.3) is 65.0 Å². The molecule has 590 valence electrons. The Hall–Kier alpha value is 4.64. The van der Waals surface area contributed by atoms with Crippen LogP contribution in [0.4, 0.5) is 0 Å². The molecule has 0 fully saturated rings. The fourth-order valence-corrected chi connectivity index (χ4v) is 130. The molecule has 0 spiro atoms. The van der Waals surface area contributed by atoms with Gasteiger partial charge in [-0.15, -0.1) is 0 Å². The normalized spacial score (nSPS) is 17.7. The average Bonchev–Trinajstić information content (AvgIpc) is 0.810. The lowest BCUT2D eigenvalue weighted by molar-refractivity contribution is 0.250. The highest BCUT2D eigenvalue weighted by Gasteiger charge is 2.54. The van der Waals surface area contributed by atoms with Gasteiger partial charge in [-0.3, -0.25) is 0 Å². The van der Waals surface area contributed by atoms with E-state index in [-0.39, 0.29) is 0 Å². The Morgan fingerprint density at radius 3 is 0.367 bits per heavy atom. The molecule has 7 unspecified atom stereocenters. The molecule has 0 N–H and O–H groups in total. The minimum absolute atomic E-state index is 1.65. The van der Waals surface area contributed by atoms with Crippen LogP contribution in [0.15, 0.2) is 0 Å². The van der Waals surface area contributed by atoms with Crippen molar-refractivity contribution in [2.75, 3.05) is 0 Å². The van der Waals surface area contributed by atoms with E-state index < -0.39 is 227 Å². The van der Waals surface area contributed by atoms with Gasteiger partial charge in [0.15, 0.2) is 16.6 Å². The summed E-state index contributed by atoms with van der Waals surface area (Å²) < 4.78 is 168. The predicted molar refractivity (Wildman–Crippen MR) is 462 cm³/mol. The van der Waals surface area contributed by atoms with Crippen LogP contribution in [0, 0.1) is 0 Å². The zero-order valence-corrected chi connectivity index (χ0v) is 97.8. The monoisotopic (exact) mass is 1840 g/mol. The van der Waals surface area contributed by atoms with E-state index in [1.165, 1.54) is 0 Å². The van der Waals surface area contributed by atoms with Crippen molar-refractivity contribution in [3.05, 3.63) is 0 Å². The van der Waals surface area contributed by atoms with E-state index in [1.807, 2.05) is 52.4 Å². The van der Waals surface area contributed by atoms with Gasteiger partial charge in [-0.25, -0.2) is 0 Å². The van der Waals surface area contributed by atoms with Gasteiger partial charge in [0.2, 0.25) is 0 Å². The molecule has 0 saturated carbocycles. The Balaban J connectivity index is 5.65. The zero-order valence-electron chi connectivity index (χ0n) is 70.7. The molecular formula is C47H148O25Si26. The molecule has 0 radical (unpaired) electrons. The van der Waals surface area contributed by atoms with Crippen molar-refractivity contribution in [3.63, 3.8) is 0 Å². The molecule has 0 saturated heterocycles. The van der Waals surface area contributed by atoms with Crippen LogP contribution in [0.5, 0.6) is 0 Å². The van der Waals surface area contributed by atoms with E-state index in [2.05, 4.69) is 255 Å². The van der Waals surface area contributed by atoms with Gasteiger partial charge >= 0.3 is 146 Å². The van der Waals surface area contributed by atoms with Gasteiger partial charge < -0.3 is 103 Å². The van der Waals surface area contributed by atoms with E-state index in [9.17, 15) is 0 Å². The van der Waals surface area contributed by atoms with Crippen molar-refractivity contribution >= 4 is 227 Å². The average molecular weight is 1840 g/mol. The summed E-state index contributed by atoms with van der Waals surface area (Å²) in [6.45, 7) is 97.4. The summed E-state index contributed by atoms with van der Waals surface area (Å²) in [6.07, 6.45) is 0. The second-order valence-electron chi connectivity index (χ2n) is 34.8. The highest BCUT2D eigenvalue weighted by molar-refractivity contribution is 6.96. The number of hydrogen-bond acceptors (Lipinski definition) is 25. The highest BCUT2D eigenvalue weighted by atomic mass is 28.6.